The molecule has 4 rings (SSSR count). The Hall–Kier alpha value is -3.12. The minimum atomic E-state index is -1.02. The molecule has 0 radical (unpaired) electrons. The first-order chi connectivity index (χ1) is 13.6. The molecule has 0 spiro atoms. The van der Waals surface area contributed by atoms with E-state index < -0.39 is 5.97 Å². The molecule has 2 heterocycles. The van der Waals surface area contributed by atoms with Crippen LogP contribution in [0.15, 0.2) is 65.3 Å². The van der Waals surface area contributed by atoms with Gasteiger partial charge < -0.3 is 15.4 Å². The number of aryl methyl sites for hydroxylation is 1. The van der Waals surface area contributed by atoms with Crippen molar-refractivity contribution in [3.8, 4) is 11.3 Å². The molecule has 2 aromatic carbocycles. The molecule has 0 amide bonds. The molecule has 5 nitrogen and oxygen atoms in total. The van der Waals surface area contributed by atoms with Gasteiger partial charge in [-0.05, 0) is 41.8 Å². The Kier molecular flexibility index (Phi) is 4.88. The Morgan fingerprint density at radius 1 is 1.18 bits per heavy atom. The highest BCUT2D eigenvalue weighted by Gasteiger charge is 2.18. The molecule has 0 unspecified atom stereocenters. The fourth-order valence-electron chi connectivity index (χ4n) is 3.24. The summed E-state index contributed by atoms with van der Waals surface area (Å²) in [6.07, 6.45) is 2.24. The standard InChI is InChI=1S/C22H18BrN3O2/c1-2-13-5-3-4-6-18(13)25-20-16-11-19(14-7-9-15(23)10-8-14)26-21(16)24-12-17(20)22(27)28/h3-12H,2H2,1H3,(H,27,28)(H2,24,25,26). The summed E-state index contributed by atoms with van der Waals surface area (Å²) >= 11 is 3.44. The Morgan fingerprint density at radius 3 is 2.64 bits per heavy atom. The fourth-order valence-corrected chi connectivity index (χ4v) is 3.51. The van der Waals surface area contributed by atoms with Crippen LogP contribution in [0, 0.1) is 0 Å². The Labute approximate surface area is 170 Å². The van der Waals surface area contributed by atoms with Gasteiger partial charge in [0, 0.05) is 27.4 Å². The van der Waals surface area contributed by atoms with E-state index in [1.807, 2.05) is 54.6 Å². The average molecular weight is 436 g/mol. The van der Waals surface area contributed by atoms with Crippen LogP contribution in [0.2, 0.25) is 0 Å². The molecule has 0 saturated heterocycles. The number of hydrogen-bond donors (Lipinski definition) is 3. The second-order valence-corrected chi connectivity index (χ2v) is 7.36. The number of fused-ring (bicyclic) bond motifs is 1. The van der Waals surface area contributed by atoms with Gasteiger partial charge >= 0.3 is 5.97 Å². The van der Waals surface area contributed by atoms with Gasteiger partial charge in [-0.15, -0.1) is 0 Å². The van der Waals surface area contributed by atoms with Gasteiger partial charge in [0.05, 0.1) is 5.69 Å². The third-order valence-corrected chi connectivity index (χ3v) is 5.23. The number of aromatic amines is 1. The van der Waals surface area contributed by atoms with Crippen LogP contribution in [0.3, 0.4) is 0 Å². The molecule has 4 aromatic rings. The quantitative estimate of drug-likeness (QED) is 0.359. The largest absolute Gasteiger partial charge is 0.478 e. The molecule has 3 N–H and O–H groups in total. The highest BCUT2D eigenvalue weighted by atomic mass is 79.9. The molecule has 0 aliphatic carbocycles. The van der Waals surface area contributed by atoms with Gasteiger partial charge in [-0.3, -0.25) is 0 Å². The number of carbonyl (C=O) groups is 1. The molecule has 0 atom stereocenters. The van der Waals surface area contributed by atoms with E-state index in [-0.39, 0.29) is 5.56 Å². The predicted octanol–water partition coefficient (Wildman–Crippen LogP) is 6.00. The lowest BCUT2D eigenvalue weighted by molar-refractivity contribution is 0.0697. The lowest BCUT2D eigenvalue weighted by Crippen LogP contribution is -2.05. The van der Waals surface area contributed by atoms with Crippen molar-refractivity contribution in [3.05, 3.63) is 76.4 Å². The first-order valence-corrected chi connectivity index (χ1v) is 9.72. The average Bonchev–Trinajstić information content (AvgIpc) is 3.13. The summed E-state index contributed by atoms with van der Waals surface area (Å²) in [7, 11) is 0. The number of aromatic carboxylic acids is 1. The number of benzene rings is 2. The number of H-pyrrole nitrogens is 1. The van der Waals surface area contributed by atoms with Gasteiger partial charge in [0.15, 0.2) is 0 Å². The van der Waals surface area contributed by atoms with Crippen molar-refractivity contribution >= 4 is 44.3 Å². The summed E-state index contributed by atoms with van der Waals surface area (Å²) < 4.78 is 0.997. The molecular weight excluding hydrogens is 418 g/mol. The maximum Gasteiger partial charge on any atom is 0.339 e. The molecule has 28 heavy (non-hydrogen) atoms. The van der Waals surface area contributed by atoms with E-state index in [1.165, 1.54) is 6.20 Å². The van der Waals surface area contributed by atoms with Gasteiger partial charge in [-0.2, -0.15) is 0 Å². The first-order valence-electron chi connectivity index (χ1n) is 8.92. The summed E-state index contributed by atoms with van der Waals surface area (Å²) in [6, 6.07) is 17.8. The summed E-state index contributed by atoms with van der Waals surface area (Å²) in [4.78, 5) is 19.4. The van der Waals surface area contributed by atoms with E-state index in [0.717, 1.165) is 38.8 Å². The number of aromatic nitrogens is 2. The van der Waals surface area contributed by atoms with E-state index in [4.69, 9.17) is 0 Å². The smallest absolute Gasteiger partial charge is 0.339 e. The van der Waals surface area contributed by atoms with Crippen molar-refractivity contribution in [2.45, 2.75) is 13.3 Å². The third kappa shape index (κ3) is 3.39. The van der Waals surface area contributed by atoms with Crippen molar-refractivity contribution in [2.24, 2.45) is 0 Å². The zero-order valence-electron chi connectivity index (χ0n) is 15.2. The second kappa shape index (κ2) is 7.48. The Morgan fingerprint density at radius 2 is 1.93 bits per heavy atom. The van der Waals surface area contributed by atoms with Crippen molar-refractivity contribution in [3.63, 3.8) is 0 Å². The maximum absolute atomic E-state index is 11.8. The van der Waals surface area contributed by atoms with Gasteiger partial charge in [-0.25, -0.2) is 9.78 Å². The predicted molar refractivity (Wildman–Crippen MR) is 115 cm³/mol. The van der Waals surface area contributed by atoms with Gasteiger partial charge in [-0.1, -0.05) is 53.2 Å². The van der Waals surface area contributed by atoms with Crippen LogP contribution in [0.4, 0.5) is 11.4 Å². The Balaban J connectivity index is 1.88. The van der Waals surface area contributed by atoms with Crippen LogP contribution in [0.5, 0.6) is 0 Å². The number of carboxylic acid groups (broad SMARTS) is 1. The number of nitrogens with one attached hydrogen (secondary N) is 2. The van der Waals surface area contributed by atoms with Gasteiger partial charge in [0.25, 0.3) is 0 Å². The number of halogens is 1. The number of hydrogen-bond acceptors (Lipinski definition) is 3. The molecule has 0 aliphatic heterocycles. The molecule has 140 valence electrons. The van der Waals surface area contributed by atoms with Crippen LogP contribution < -0.4 is 5.32 Å². The summed E-state index contributed by atoms with van der Waals surface area (Å²) in [5.41, 5.74) is 5.21. The lowest BCUT2D eigenvalue weighted by Gasteiger charge is -2.13. The SMILES string of the molecule is CCc1ccccc1Nc1c(C(=O)O)cnc2[nH]c(-c3ccc(Br)cc3)cc12. The zero-order chi connectivity index (χ0) is 19.7. The van der Waals surface area contributed by atoms with Crippen LogP contribution in [-0.4, -0.2) is 21.0 Å². The van der Waals surface area contributed by atoms with E-state index in [1.54, 1.807) is 0 Å². The monoisotopic (exact) mass is 435 g/mol. The molecule has 2 aromatic heterocycles. The number of nitrogens with zero attached hydrogens (tertiary/aromatic N) is 1. The van der Waals surface area contributed by atoms with E-state index in [0.29, 0.717) is 11.3 Å². The van der Waals surface area contributed by atoms with Crippen LogP contribution in [0.1, 0.15) is 22.8 Å². The van der Waals surface area contributed by atoms with Gasteiger partial charge in [0.1, 0.15) is 11.2 Å². The van der Waals surface area contributed by atoms with Crippen LogP contribution >= 0.6 is 15.9 Å². The number of pyridine rings is 1. The summed E-state index contributed by atoms with van der Waals surface area (Å²) in [6.45, 7) is 2.07. The molecule has 0 aliphatic rings. The highest BCUT2D eigenvalue weighted by molar-refractivity contribution is 9.10. The molecular formula is C22H18BrN3O2. The summed E-state index contributed by atoms with van der Waals surface area (Å²) in [5.74, 6) is -1.02. The number of anilines is 2. The normalized spacial score (nSPS) is 10.9. The fraction of sp³-hybridized carbons (Fsp3) is 0.0909. The minimum Gasteiger partial charge on any atom is -0.478 e. The Bertz CT molecular complexity index is 1170. The van der Waals surface area contributed by atoms with Crippen molar-refractivity contribution in [2.75, 3.05) is 5.32 Å². The van der Waals surface area contributed by atoms with Crippen molar-refractivity contribution < 1.29 is 9.90 Å². The molecule has 6 heteroatoms. The first kappa shape index (κ1) is 18.3. The molecule has 0 bridgehead atoms. The zero-order valence-corrected chi connectivity index (χ0v) is 16.7. The third-order valence-electron chi connectivity index (χ3n) is 4.70. The second-order valence-electron chi connectivity index (χ2n) is 6.44. The lowest BCUT2D eigenvalue weighted by atomic mass is 10.1. The number of para-hydroxylation sites is 1. The number of rotatable bonds is 5. The van der Waals surface area contributed by atoms with Crippen LogP contribution in [0.25, 0.3) is 22.3 Å². The maximum atomic E-state index is 11.8. The van der Waals surface area contributed by atoms with Gasteiger partial charge in [0.2, 0.25) is 0 Å². The minimum absolute atomic E-state index is 0.139. The molecule has 0 fully saturated rings. The summed E-state index contributed by atoms with van der Waals surface area (Å²) in [5, 5.41) is 13.8. The number of carboxylic acids is 1. The van der Waals surface area contributed by atoms with E-state index in [9.17, 15) is 9.90 Å². The topological polar surface area (TPSA) is 78.0 Å². The highest BCUT2D eigenvalue weighted by Crippen LogP contribution is 2.34. The van der Waals surface area contributed by atoms with Crippen molar-refractivity contribution in [1.82, 2.24) is 9.97 Å². The van der Waals surface area contributed by atoms with E-state index >= 15 is 0 Å². The van der Waals surface area contributed by atoms with E-state index in [2.05, 4.69) is 38.1 Å². The molecule has 0 saturated carbocycles. The van der Waals surface area contributed by atoms with Crippen LogP contribution in [-0.2, 0) is 6.42 Å². The van der Waals surface area contributed by atoms with Crippen molar-refractivity contribution in [1.29, 1.82) is 0 Å².